The maximum Gasteiger partial charge on any atom is 0.251 e. The van der Waals surface area contributed by atoms with Crippen molar-refractivity contribution in [3.05, 3.63) is 94.5 Å². The molecule has 0 radical (unpaired) electrons. The van der Waals surface area contributed by atoms with E-state index in [2.05, 4.69) is 12.2 Å². The molecule has 0 spiro atoms. The molecule has 1 N–H and O–H groups in total. The number of amides is 1. The lowest BCUT2D eigenvalue weighted by Crippen LogP contribution is -2.30. The van der Waals surface area contributed by atoms with Crippen LogP contribution in [0.1, 0.15) is 28.4 Å². The zero-order valence-electron chi connectivity index (χ0n) is 18.6. The molecule has 0 atom stereocenters. The predicted octanol–water partition coefficient (Wildman–Crippen LogP) is 4.68. The third-order valence-corrected chi connectivity index (χ3v) is 6.44. The molecular weight excluding hydrogens is 460 g/mol. The van der Waals surface area contributed by atoms with Gasteiger partial charge in [0.05, 0.1) is 25.0 Å². The van der Waals surface area contributed by atoms with Gasteiger partial charge in [-0.25, -0.2) is 8.42 Å². The summed E-state index contributed by atoms with van der Waals surface area (Å²) < 4.78 is 31.6. The van der Waals surface area contributed by atoms with Crippen molar-refractivity contribution in [2.24, 2.45) is 0 Å². The van der Waals surface area contributed by atoms with Crippen LogP contribution in [0.5, 0.6) is 5.75 Å². The number of nitrogens with one attached hydrogen (secondary N) is 1. The average molecular weight is 487 g/mol. The van der Waals surface area contributed by atoms with E-state index < -0.39 is 10.0 Å². The number of hydrogen-bond donors (Lipinski definition) is 1. The minimum Gasteiger partial charge on any atom is -0.492 e. The largest absolute Gasteiger partial charge is 0.492 e. The summed E-state index contributed by atoms with van der Waals surface area (Å²) in [5.74, 6) is 0.502. The first-order valence-electron chi connectivity index (χ1n) is 10.6. The molecule has 3 aromatic carbocycles. The van der Waals surface area contributed by atoms with Gasteiger partial charge in [0.1, 0.15) is 12.4 Å². The molecule has 0 fully saturated rings. The summed E-state index contributed by atoms with van der Waals surface area (Å²) >= 11 is 5.91. The van der Waals surface area contributed by atoms with E-state index in [0.29, 0.717) is 29.4 Å². The predicted molar refractivity (Wildman–Crippen MR) is 133 cm³/mol. The summed E-state index contributed by atoms with van der Waals surface area (Å²) in [6, 6.07) is 21.3. The second-order valence-electron chi connectivity index (χ2n) is 7.54. The Balaban J connectivity index is 1.57. The lowest BCUT2D eigenvalue weighted by molar-refractivity contribution is 0.0947. The van der Waals surface area contributed by atoms with Crippen molar-refractivity contribution in [3.8, 4) is 5.75 Å². The lowest BCUT2D eigenvalue weighted by atomic mass is 10.1. The lowest BCUT2D eigenvalue weighted by Gasteiger charge is -2.23. The number of halogens is 1. The third kappa shape index (κ3) is 7.23. The zero-order valence-corrected chi connectivity index (χ0v) is 20.2. The van der Waals surface area contributed by atoms with Gasteiger partial charge in [0, 0.05) is 10.6 Å². The van der Waals surface area contributed by atoms with Gasteiger partial charge in [0.25, 0.3) is 5.91 Å². The smallest absolute Gasteiger partial charge is 0.251 e. The molecule has 3 aromatic rings. The van der Waals surface area contributed by atoms with Crippen molar-refractivity contribution in [2.45, 2.75) is 19.9 Å². The van der Waals surface area contributed by atoms with Gasteiger partial charge in [-0.2, -0.15) is 0 Å². The third-order valence-electron chi connectivity index (χ3n) is 5.05. The first-order chi connectivity index (χ1) is 15.8. The van der Waals surface area contributed by atoms with E-state index in [9.17, 15) is 13.2 Å². The number of rotatable bonds is 10. The molecule has 33 heavy (non-hydrogen) atoms. The van der Waals surface area contributed by atoms with Crippen LogP contribution in [0.25, 0.3) is 0 Å². The minimum atomic E-state index is -3.52. The van der Waals surface area contributed by atoms with Crippen LogP contribution in [0.3, 0.4) is 0 Å². The Morgan fingerprint density at radius 3 is 2.12 bits per heavy atom. The molecule has 0 bridgehead atoms. The summed E-state index contributed by atoms with van der Waals surface area (Å²) in [5.41, 5.74) is 2.95. The van der Waals surface area contributed by atoms with Gasteiger partial charge in [-0.15, -0.1) is 0 Å². The summed E-state index contributed by atoms with van der Waals surface area (Å²) in [7, 11) is -3.52. The Labute approximate surface area is 200 Å². The number of carbonyl (C=O) groups is 1. The fourth-order valence-corrected chi connectivity index (χ4v) is 4.21. The van der Waals surface area contributed by atoms with E-state index >= 15 is 0 Å². The molecule has 0 saturated heterocycles. The van der Waals surface area contributed by atoms with E-state index in [1.165, 1.54) is 9.87 Å². The topological polar surface area (TPSA) is 75.7 Å². The van der Waals surface area contributed by atoms with E-state index in [1.807, 2.05) is 24.3 Å². The highest BCUT2D eigenvalue weighted by Gasteiger charge is 2.18. The van der Waals surface area contributed by atoms with E-state index in [1.54, 1.807) is 48.5 Å². The zero-order chi connectivity index (χ0) is 23.8. The summed E-state index contributed by atoms with van der Waals surface area (Å²) in [6.45, 7) is 2.95. The second-order valence-corrected chi connectivity index (χ2v) is 9.89. The van der Waals surface area contributed by atoms with E-state index in [4.69, 9.17) is 16.3 Å². The number of anilines is 1. The highest BCUT2D eigenvalue weighted by Crippen LogP contribution is 2.22. The van der Waals surface area contributed by atoms with E-state index in [0.717, 1.165) is 24.0 Å². The molecule has 6 nitrogen and oxygen atoms in total. The molecule has 1 amide bonds. The molecule has 3 rings (SSSR count). The number of nitrogens with zero attached hydrogens (tertiary/aromatic N) is 1. The van der Waals surface area contributed by atoms with Gasteiger partial charge in [-0.3, -0.25) is 9.10 Å². The van der Waals surface area contributed by atoms with Crippen molar-refractivity contribution >= 4 is 33.2 Å². The maximum atomic E-state index is 12.4. The van der Waals surface area contributed by atoms with Crippen molar-refractivity contribution in [3.63, 3.8) is 0 Å². The number of carbonyl (C=O) groups excluding carboxylic acids is 1. The van der Waals surface area contributed by atoms with Crippen molar-refractivity contribution in [2.75, 3.05) is 23.7 Å². The van der Waals surface area contributed by atoms with Crippen LogP contribution in [0.2, 0.25) is 5.02 Å². The molecule has 0 aliphatic heterocycles. The Morgan fingerprint density at radius 2 is 1.55 bits per heavy atom. The molecular formula is C25H27ClN2O4S. The number of benzene rings is 3. The van der Waals surface area contributed by atoms with Crippen LogP contribution >= 0.6 is 11.6 Å². The Kier molecular flexibility index (Phi) is 8.36. The van der Waals surface area contributed by atoms with Gasteiger partial charge >= 0.3 is 0 Å². The molecule has 8 heteroatoms. The fraction of sp³-hybridized carbons (Fsp3) is 0.240. The van der Waals surface area contributed by atoms with Gasteiger partial charge < -0.3 is 10.1 Å². The number of sulfonamides is 1. The van der Waals surface area contributed by atoms with Crippen LogP contribution in [0, 0.1) is 0 Å². The SMILES string of the molecule is CCc1ccc(OCCNC(=O)c2ccc(N(Cc3ccc(Cl)cc3)S(C)(=O)=O)cc2)cc1. The molecule has 0 unspecified atom stereocenters. The highest BCUT2D eigenvalue weighted by molar-refractivity contribution is 7.92. The van der Waals surface area contributed by atoms with Crippen molar-refractivity contribution in [1.29, 1.82) is 0 Å². The number of ether oxygens (including phenoxy) is 1. The molecule has 0 aromatic heterocycles. The van der Waals surface area contributed by atoms with Crippen LogP contribution in [0.4, 0.5) is 5.69 Å². The van der Waals surface area contributed by atoms with E-state index in [-0.39, 0.29) is 12.5 Å². The Morgan fingerprint density at radius 1 is 0.939 bits per heavy atom. The average Bonchev–Trinajstić information content (AvgIpc) is 2.81. The molecule has 0 saturated carbocycles. The molecule has 174 valence electrons. The van der Waals surface area contributed by atoms with Crippen LogP contribution in [0.15, 0.2) is 72.8 Å². The first-order valence-corrected chi connectivity index (χ1v) is 12.8. The number of hydrogen-bond acceptors (Lipinski definition) is 4. The van der Waals surface area contributed by atoms with Gasteiger partial charge in [0.15, 0.2) is 0 Å². The quantitative estimate of drug-likeness (QED) is 0.422. The van der Waals surface area contributed by atoms with Gasteiger partial charge in [-0.1, -0.05) is 42.8 Å². The van der Waals surface area contributed by atoms with Gasteiger partial charge in [0.2, 0.25) is 10.0 Å². The summed E-state index contributed by atoms with van der Waals surface area (Å²) in [4.78, 5) is 12.4. The Bertz CT molecular complexity index is 1160. The maximum absolute atomic E-state index is 12.4. The second kappa shape index (κ2) is 11.2. The summed E-state index contributed by atoms with van der Waals surface area (Å²) in [6.07, 6.45) is 2.12. The Hall–Kier alpha value is -3.03. The fourth-order valence-electron chi connectivity index (χ4n) is 3.19. The monoisotopic (exact) mass is 486 g/mol. The summed E-state index contributed by atoms with van der Waals surface area (Å²) in [5, 5.41) is 3.39. The van der Waals surface area contributed by atoms with Crippen molar-refractivity contribution < 1.29 is 17.9 Å². The first kappa shape index (κ1) is 24.6. The molecule has 0 aliphatic carbocycles. The van der Waals surface area contributed by atoms with Gasteiger partial charge in [-0.05, 0) is 66.1 Å². The highest BCUT2D eigenvalue weighted by atomic mass is 35.5. The normalized spacial score (nSPS) is 11.1. The number of aryl methyl sites for hydroxylation is 1. The molecule has 0 heterocycles. The van der Waals surface area contributed by atoms with Crippen LogP contribution < -0.4 is 14.4 Å². The standard InChI is InChI=1S/C25H27ClN2O4S/c1-3-19-6-14-24(15-7-19)32-17-16-27-25(29)21-8-12-23(13-9-21)28(33(2,30)31)18-20-4-10-22(26)11-5-20/h4-15H,3,16-18H2,1-2H3,(H,27,29). The minimum absolute atomic E-state index is 0.165. The van der Waals surface area contributed by atoms with Crippen LogP contribution in [-0.2, 0) is 23.0 Å². The van der Waals surface area contributed by atoms with Crippen molar-refractivity contribution in [1.82, 2.24) is 5.32 Å². The molecule has 0 aliphatic rings. The van der Waals surface area contributed by atoms with Crippen LogP contribution in [-0.4, -0.2) is 33.7 Å².